The van der Waals surface area contributed by atoms with E-state index in [1.165, 1.54) is 24.1 Å². The molecule has 1 unspecified atom stereocenters. The highest BCUT2D eigenvalue weighted by Crippen LogP contribution is 2.29. The van der Waals surface area contributed by atoms with Crippen molar-refractivity contribution in [2.45, 2.75) is 18.8 Å². The molecule has 37 heavy (non-hydrogen) atoms. The summed E-state index contributed by atoms with van der Waals surface area (Å²) in [5, 5.41) is 5.39. The molecule has 3 aromatic carbocycles. The van der Waals surface area contributed by atoms with E-state index < -0.39 is 36.1 Å². The summed E-state index contributed by atoms with van der Waals surface area (Å²) in [6.45, 7) is 0.254. The molecule has 0 radical (unpaired) electrons. The first kappa shape index (κ1) is 25.5. The molecular formula is C27H26FN3O6. The van der Waals surface area contributed by atoms with Crippen molar-refractivity contribution in [1.29, 1.82) is 0 Å². The van der Waals surface area contributed by atoms with Crippen molar-refractivity contribution in [1.82, 2.24) is 5.32 Å². The van der Waals surface area contributed by atoms with Crippen molar-refractivity contribution >= 4 is 29.5 Å². The van der Waals surface area contributed by atoms with Crippen LogP contribution in [0, 0.1) is 5.82 Å². The number of anilines is 2. The lowest BCUT2D eigenvalue weighted by molar-refractivity contribution is -0.146. The number of alkyl carbamates (subject to hydrolysis) is 1. The van der Waals surface area contributed by atoms with Crippen molar-refractivity contribution < 1.29 is 33.0 Å². The van der Waals surface area contributed by atoms with E-state index in [1.807, 2.05) is 36.4 Å². The molecule has 2 amide bonds. The van der Waals surface area contributed by atoms with Gasteiger partial charge in [0.05, 0.1) is 31.6 Å². The van der Waals surface area contributed by atoms with E-state index in [0.29, 0.717) is 5.56 Å². The predicted octanol–water partition coefficient (Wildman–Crippen LogP) is 4.40. The van der Waals surface area contributed by atoms with Crippen LogP contribution in [0.15, 0.2) is 78.9 Å². The van der Waals surface area contributed by atoms with E-state index in [0.717, 1.165) is 5.56 Å². The number of amides is 2. The van der Waals surface area contributed by atoms with Gasteiger partial charge in [-0.3, -0.25) is 4.90 Å². The maximum Gasteiger partial charge on any atom is 0.414 e. The highest BCUT2D eigenvalue weighted by atomic mass is 19.1. The van der Waals surface area contributed by atoms with Crippen molar-refractivity contribution in [3.63, 3.8) is 0 Å². The molecule has 0 bridgehead atoms. The quantitative estimate of drug-likeness (QED) is 0.327. The van der Waals surface area contributed by atoms with Crippen LogP contribution in [0.3, 0.4) is 0 Å². The Morgan fingerprint density at radius 2 is 1.78 bits per heavy atom. The number of methoxy groups -OCH3 is 1. The summed E-state index contributed by atoms with van der Waals surface area (Å²) in [7, 11) is 1.23. The van der Waals surface area contributed by atoms with Gasteiger partial charge in [-0.15, -0.1) is 0 Å². The van der Waals surface area contributed by atoms with Gasteiger partial charge in [-0.05, 0) is 29.3 Å². The van der Waals surface area contributed by atoms with Gasteiger partial charge in [-0.25, -0.2) is 18.8 Å². The molecule has 1 heterocycles. The smallest absolute Gasteiger partial charge is 0.414 e. The number of ether oxygens (including phenoxy) is 3. The number of carbonyl (C=O) groups is 3. The van der Waals surface area contributed by atoms with Crippen LogP contribution in [-0.4, -0.2) is 44.5 Å². The number of hydrogen-bond donors (Lipinski definition) is 2. The lowest BCUT2D eigenvalue weighted by atomic mass is 10.1. The fraction of sp³-hybridized carbons (Fsp3) is 0.222. The zero-order valence-electron chi connectivity index (χ0n) is 20.1. The first-order chi connectivity index (χ1) is 17.9. The zero-order valence-corrected chi connectivity index (χ0v) is 20.1. The molecular weight excluding hydrogens is 481 g/mol. The zero-order chi connectivity index (χ0) is 26.2. The van der Waals surface area contributed by atoms with Crippen LogP contribution in [-0.2, 0) is 25.6 Å². The van der Waals surface area contributed by atoms with E-state index in [9.17, 15) is 14.4 Å². The van der Waals surface area contributed by atoms with E-state index in [2.05, 4.69) is 15.4 Å². The Kier molecular flexibility index (Phi) is 8.19. The number of benzene rings is 3. The summed E-state index contributed by atoms with van der Waals surface area (Å²) in [4.78, 5) is 37.8. The molecule has 2 atom stereocenters. The molecule has 1 aliphatic heterocycles. The standard InChI is InChI=1S/C27H26FN3O6/c1-35-26(33)29-15-21-16-31(27(34)37-21)20-12-13-23(22(28)14-20)30-24(19-10-6-3-7-11-19)25(32)36-17-18-8-4-2-5-9-18/h2-14,21,24,30H,15-17H2,1H3,(H,29,33)/t21-,24?/m0/s1. The summed E-state index contributed by atoms with van der Waals surface area (Å²) in [5.41, 5.74) is 1.77. The number of cyclic esters (lactones) is 1. The number of rotatable bonds is 9. The first-order valence-corrected chi connectivity index (χ1v) is 11.6. The Bertz CT molecular complexity index is 1240. The first-order valence-electron chi connectivity index (χ1n) is 11.6. The largest absolute Gasteiger partial charge is 0.459 e. The van der Waals surface area contributed by atoms with Gasteiger partial charge in [0.25, 0.3) is 0 Å². The van der Waals surface area contributed by atoms with E-state index >= 15 is 4.39 Å². The minimum absolute atomic E-state index is 0.0564. The van der Waals surface area contributed by atoms with Gasteiger partial charge < -0.3 is 24.8 Å². The molecule has 0 aromatic heterocycles. The Labute approximate surface area is 213 Å². The Morgan fingerprint density at radius 1 is 1.08 bits per heavy atom. The summed E-state index contributed by atoms with van der Waals surface area (Å²) in [6.07, 6.45) is -1.93. The van der Waals surface area contributed by atoms with Gasteiger partial charge in [0.1, 0.15) is 18.5 Å². The molecule has 0 saturated carbocycles. The predicted molar refractivity (Wildman–Crippen MR) is 133 cm³/mol. The SMILES string of the molecule is COC(=O)NC[C@H]1CN(c2ccc(NC(C(=O)OCc3ccccc3)c3ccccc3)c(F)c2)C(=O)O1. The fourth-order valence-electron chi connectivity index (χ4n) is 3.79. The van der Waals surface area contributed by atoms with Gasteiger partial charge in [-0.1, -0.05) is 60.7 Å². The number of carbonyl (C=O) groups excluding carboxylic acids is 3. The second kappa shape index (κ2) is 11.9. The minimum atomic E-state index is -0.962. The number of halogens is 1. The third kappa shape index (κ3) is 6.54. The topological polar surface area (TPSA) is 106 Å². The third-order valence-electron chi connectivity index (χ3n) is 5.69. The number of nitrogens with zero attached hydrogens (tertiary/aromatic N) is 1. The van der Waals surface area contributed by atoms with Crippen LogP contribution in [0.1, 0.15) is 17.2 Å². The monoisotopic (exact) mass is 507 g/mol. The van der Waals surface area contributed by atoms with Gasteiger partial charge in [0.15, 0.2) is 6.04 Å². The fourth-order valence-corrected chi connectivity index (χ4v) is 3.79. The van der Waals surface area contributed by atoms with Gasteiger partial charge in [-0.2, -0.15) is 0 Å². The molecule has 9 nitrogen and oxygen atoms in total. The highest BCUT2D eigenvalue weighted by molar-refractivity contribution is 5.90. The van der Waals surface area contributed by atoms with Crippen molar-refractivity contribution in [2.24, 2.45) is 0 Å². The van der Waals surface area contributed by atoms with E-state index in [1.54, 1.807) is 30.3 Å². The van der Waals surface area contributed by atoms with Gasteiger partial charge >= 0.3 is 18.2 Å². The number of hydrogen-bond acceptors (Lipinski definition) is 7. The molecule has 3 aromatic rings. The van der Waals surface area contributed by atoms with E-state index in [4.69, 9.17) is 9.47 Å². The normalized spacial score (nSPS) is 15.5. The minimum Gasteiger partial charge on any atom is -0.459 e. The number of esters is 1. The van der Waals surface area contributed by atoms with Crippen LogP contribution >= 0.6 is 0 Å². The Balaban J connectivity index is 1.46. The van der Waals surface area contributed by atoms with Crippen molar-refractivity contribution in [2.75, 3.05) is 30.4 Å². The molecule has 2 N–H and O–H groups in total. The summed E-state index contributed by atoms with van der Waals surface area (Å²) in [6, 6.07) is 21.3. The highest BCUT2D eigenvalue weighted by Gasteiger charge is 2.33. The second-order valence-corrected chi connectivity index (χ2v) is 8.23. The second-order valence-electron chi connectivity index (χ2n) is 8.23. The molecule has 10 heteroatoms. The molecule has 192 valence electrons. The Hall–Kier alpha value is -4.60. The van der Waals surface area contributed by atoms with Gasteiger partial charge in [0, 0.05) is 0 Å². The van der Waals surface area contributed by atoms with Crippen molar-refractivity contribution in [3.05, 3.63) is 95.8 Å². The maximum absolute atomic E-state index is 15.2. The summed E-state index contributed by atoms with van der Waals surface area (Å²) >= 11 is 0. The van der Waals surface area contributed by atoms with Crippen LogP contribution in [0.5, 0.6) is 0 Å². The molecule has 1 saturated heterocycles. The maximum atomic E-state index is 15.2. The Morgan fingerprint density at radius 3 is 2.46 bits per heavy atom. The molecule has 0 aliphatic carbocycles. The van der Waals surface area contributed by atoms with Crippen LogP contribution in [0.2, 0.25) is 0 Å². The van der Waals surface area contributed by atoms with Gasteiger partial charge in [0.2, 0.25) is 0 Å². The number of nitrogens with one attached hydrogen (secondary N) is 2. The molecule has 4 rings (SSSR count). The molecule has 1 fully saturated rings. The lowest BCUT2D eigenvalue weighted by Gasteiger charge is -2.21. The average molecular weight is 508 g/mol. The van der Waals surface area contributed by atoms with Crippen LogP contribution in [0.25, 0.3) is 0 Å². The van der Waals surface area contributed by atoms with Crippen LogP contribution < -0.4 is 15.5 Å². The summed E-state index contributed by atoms with van der Waals surface area (Å²) < 4.78 is 30.4. The lowest BCUT2D eigenvalue weighted by Crippen LogP contribution is -2.34. The average Bonchev–Trinajstić information content (AvgIpc) is 3.31. The molecule has 1 aliphatic rings. The summed E-state index contributed by atoms with van der Waals surface area (Å²) in [5.74, 6) is -1.24. The molecule has 0 spiro atoms. The van der Waals surface area contributed by atoms with Crippen LogP contribution in [0.4, 0.5) is 25.4 Å². The van der Waals surface area contributed by atoms with E-state index in [-0.39, 0.29) is 31.1 Å². The van der Waals surface area contributed by atoms with Crippen molar-refractivity contribution in [3.8, 4) is 0 Å². The third-order valence-corrected chi connectivity index (χ3v) is 5.69.